The van der Waals surface area contributed by atoms with Gasteiger partial charge in [0.1, 0.15) is 5.60 Å². The van der Waals surface area contributed by atoms with E-state index in [2.05, 4.69) is 32.1 Å². The minimum atomic E-state index is -0.794. The van der Waals surface area contributed by atoms with Gasteiger partial charge in [0, 0.05) is 0 Å². The van der Waals surface area contributed by atoms with Crippen LogP contribution in [0, 0.1) is 0 Å². The predicted octanol–water partition coefficient (Wildman–Crippen LogP) is 1.33. The third-order valence-corrected chi connectivity index (χ3v) is 2.34. The Kier molecular flexibility index (Phi) is 5.77. The number of amides is 3. The van der Waals surface area contributed by atoms with Gasteiger partial charge in [-0.25, -0.2) is 10.2 Å². The van der Waals surface area contributed by atoms with E-state index in [9.17, 15) is 14.4 Å². The fourth-order valence-corrected chi connectivity index (χ4v) is 1.46. The molecule has 1 heterocycles. The van der Waals surface area contributed by atoms with Crippen LogP contribution >= 0.6 is 15.9 Å². The average Bonchev–Trinajstić information content (AvgIpc) is 2.78. The first kappa shape index (κ1) is 17.0. The molecule has 8 nitrogen and oxygen atoms in total. The smallest absolute Gasteiger partial charge is 0.426 e. The summed E-state index contributed by atoms with van der Waals surface area (Å²) < 4.78 is 10.3. The van der Waals surface area contributed by atoms with Crippen molar-refractivity contribution in [3.63, 3.8) is 0 Å². The minimum Gasteiger partial charge on any atom is -0.444 e. The number of halogens is 1. The number of nitrogens with one attached hydrogen (secondary N) is 3. The maximum atomic E-state index is 11.6. The molecule has 3 amide bonds. The van der Waals surface area contributed by atoms with Crippen LogP contribution < -0.4 is 16.2 Å². The summed E-state index contributed by atoms with van der Waals surface area (Å²) in [4.78, 5) is 34.3. The molecule has 0 radical (unpaired) electrons. The Labute approximate surface area is 129 Å². The van der Waals surface area contributed by atoms with Crippen molar-refractivity contribution >= 4 is 33.8 Å². The Morgan fingerprint density at radius 3 is 2.43 bits per heavy atom. The second kappa shape index (κ2) is 7.11. The zero-order valence-corrected chi connectivity index (χ0v) is 13.4. The van der Waals surface area contributed by atoms with Crippen molar-refractivity contribution in [3.05, 3.63) is 22.6 Å². The van der Waals surface area contributed by atoms with E-state index < -0.39 is 23.5 Å². The van der Waals surface area contributed by atoms with Crippen LogP contribution in [0.5, 0.6) is 0 Å². The molecule has 116 valence electrons. The van der Waals surface area contributed by atoms with Gasteiger partial charge in [-0.3, -0.25) is 15.0 Å². The van der Waals surface area contributed by atoms with Crippen LogP contribution in [0.25, 0.3) is 0 Å². The third-order valence-electron chi connectivity index (χ3n) is 1.91. The number of carbonyl (C=O) groups excluding carboxylic acids is 3. The number of hydrogen-bond acceptors (Lipinski definition) is 5. The molecular formula is C12H16BrN3O5. The average molecular weight is 362 g/mol. The molecule has 0 aliphatic rings. The molecule has 9 heteroatoms. The molecule has 0 unspecified atom stereocenters. The highest BCUT2D eigenvalue weighted by molar-refractivity contribution is 9.10. The van der Waals surface area contributed by atoms with Crippen molar-refractivity contribution in [3.8, 4) is 0 Å². The van der Waals surface area contributed by atoms with E-state index in [1.807, 2.05) is 0 Å². The van der Waals surface area contributed by atoms with E-state index in [1.54, 1.807) is 26.8 Å². The first-order valence-electron chi connectivity index (χ1n) is 5.99. The van der Waals surface area contributed by atoms with E-state index in [4.69, 9.17) is 9.15 Å². The minimum absolute atomic E-state index is 0.0646. The lowest BCUT2D eigenvalue weighted by Crippen LogP contribution is -2.47. The quantitative estimate of drug-likeness (QED) is 0.703. The zero-order chi connectivity index (χ0) is 16.0. The predicted molar refractivity (Wildman–Crippen MR) is 76.3 cm³/mol. The molecule has 0 aliphatic heterocycles. The Bertz CT molecular complexity index is 535. The van der Waals surface area contributed by atoms with Crippen molar-refractivity contribution in [1.29, 1.82) is 0 Å². The van der Waals surface area contributed by atoms with Gasteiger partial charge < -0.3 is 14.5 Å². The number of carbonyl (C=O) groups is 3. The first-order valence-corrected chi connectivity index (χ1v) is 6.78. The number of hydrogen-bond donors (Lipinski definition) is 3. The van der Waals surface area contributed by atoms with Gasteiger partial charge in [-0.2, -0.15) is 0 Å². The van der Waals surface area contributed by atoms with Gasteiger partial charge in [-0.05, 0) is 48.8 Å². The van der Waals surface area contributed by atoms with Gasteiger partial charge in [0.25, 0.3) is 11.8 Å². The van der Waals surface area contributed by atoms with Crippen LogP contribution in [0.15, 0.2) is 21.2 Å². The Balaban J connectivity index is 2.28. The summed E-state index contributed by atoms with van der Waals surface area (Å²) in [6, 6.07) is 3.01. The SMILES string of the molecule is CC(C)(C)OC(=O)NNC(=O)CNC(=O)c1ccc(Br)o1. The molecule has 0 aliphatic carbocycles. The van der Waals surface area contributed by atoms with Crippen LogP contribution in [0.1, 0.15) is 31.3 Å². The highest BCUT2D eigenvalue weighted by atomic mass is 79.9. The van der Waals surface area contributed by atoms with Crippen LogP contribution in [0.3, 0.4) is 0 Å². The third kappa shape index (κ3) is 6.80. The summed E-state index contributed by atoms with van der Waals surface area (Å²) in [5.41, 5.74) is 3.49. The monoisotopic (exact) mass is 361 g/mol. The van der Waals surface area contributed by atoms with Gasteiger partial charge in [0.05, 0.1) is 6.54 Å². The zero-order valence-electron chi connectivity index (χ0n) is 11.8. The molecule has 1 aromatic rings. The molecule has 0 bridgehead atoms. The molecule has 0 atom stereocenters. The Morgan fingerprint density at radius 2 is 1.90 bits per heavy atom. The fourth-order valence-electron chi connectivity index (χ4n) is 1.15. The van der Waals surface area contributed by atoms with Crippen molar-refractivity contribution in [2.45, 2.75) is 26.4 Å². The normalized spacial score (nSPS) is 10.7. The second-order valence-corrected chi connectivity index (χ2v) is 5.74. The van der Waals surface area contributed by atoms with Crippen LogP contribution in [-0.2, 0) is 9.53 Å². The van der Waals surface area contributed by atoms with Gasteiger partial charge in [-0.15, -0.1) is 0 Å². The second-order valence-electron chi connectivity index (χ2n) is 4.96. The molecule has 21 heavy (non-hydrogen) atoms. The standard InChI is InChI=1S/C12H16BrN3O5/c1-12(2,3)21-11(19)16-15-9(17)6-14-10(18)7-4-5-8(13)20-7/h4-5H,6H2,1-3H3,(H,14,18)(H,15,17)(H,16,19). The van der Waals surface area contributed by atoms with E-state index in [-0.39, 0.29) is 12.3 Å². The summed E-state index contributed by atoms with van der Waals surface area (Å²) in [5, 5.41) is 2.33. The number of ether oxygens (including phenoxy) is 1. The van der Waals surface area contributed by atoms with E-state index >= 15 is 0 Å². The highest BCUT2D eigenvalue weighted by Gasteiger charge is 2.17. The number of hydrazine groups is 1. The molecule has 1 aromatic heterocycles. The first-order chi connectivity index (χ1) is 9.67. The van der Waals surface area contributed by atoms with Gasteiger partial charge in [-0.1, -0.05) is 0 Å². The van der Waals surface area contributed by atoms with E-state index in [0.717, 1.165) is 0 Å². The molecule has 0 saturated heterocycles. The fraction of sp³-hybridized carbons (Fsp3) is 0.417. The molecule has 0 aromatic carbocycles. The molecular weight excluding hydrogens is 346 g/mol. The lowest BCUT2D eigenvalue weighted by Gasteiger charge is -2.19. The van der Waals surface area contributed by atoms with Crippen LogP contribution in [0.2, 0.25) is 0 Å². The van der Waals surface area contributed by atoms with Gasteiger partial charge in [0.2, 0.25) is 0 Å². The largest absolute Gasteiger partial charge is 0.444 e. The van der Waals surface area contributed by atoms with Crippen molar-refractivity contribution in [1.82, 2.24) is 16.2 Å². The molecule has 0 spiro atoms. The Morgan fingerprint density at radius 1 is 1.24 bits per heavy atom. The van der Waals surface area contributed by atoms with Crippen molar-refractivity contribution in [2.24, 2.45) is 0 Å². The van der Waals surface area contributed by atoms with Crippen LogP contribution in [0.4, 0.5) is 4.79 Å². The number of furan rings is 1. The summed E-state index contributed by atoms with van der Waals surface area (Å²) in [7, 11) is 0. The van der Waals surface area contributed by atoms with Crippen molar-refractivity contribution < 1.29 is 23.5 Å². The van der Waals surface area contributed by atoms with Crippen molar-refractivity contribution in [2.75, 3.05) is 6.54 Å². The summed E-state index contributed by atoms with van der Waals surface area (Å²) in [5.74, 6) is -1.09. The highest BCUT2D eigenvalue weighted by Crippen LogP contribution is 2.13. The summed E-state index contributed by atoms with van der Waals surface area (Å²) in [6.07, 6.45) is -0.794. The summed E-state index contributed by atoms with van der Waals surface area (Å²) in [6.45, 7) is 4.75. The maximum Gasteiger partial charge on any atom is 0.426 e. The molecule has 0 fully saturated rings. The lowest BCUT2D eigenvalue weighted by atomic mass is 10.2. The van der Waals surface area contributed by atoms with Gasteiger partial charge in [0.15, 0.2) is 10.4 Å². The molecule has 0 saturated carbocycles. The Hall–Kier alpha value is -2.03. The molecule has 1 rings (SSSR count). The number of rotatable bonds is 3. The van der Waals surface area contributed by atoms with Gasteiger partial charge >= 0.3 is 6.09 Å². The topological polar surface area (TPSA) is 110 Å². The summed E-state index contributed by atoms with van der Waals surface area (Å²) >= 11 is 3.06. The maximum absolute atomic E-state index is 11.6. The van der Waals surface area contributed by atoms with E-state index in [0.29, 0.717) is 4.67 Å². The van der Waals surface area contributed by atoms with Crippen LogP contribution in [-0.4, -0.2) is 30.1 Å². The van der Waals surface area contributed by atoms with E-state index in [1.165, 1.54) is 6.07 Å². The lowest BCUT2D eigenvalue weighted by molar-refractivity contribution is -0.121. The molecule has 3 N–H and O–H groups in total.